The molecule has 0 spiro atoms. The van der Waals surface area contributed by atoms with E-state index < -0.39 is 12.0 Å². The average molecular weight is 315 g/mol. The van der Waals surface area contributed by atoms with Crippen molar-refractivity contribution in [2.24, 2.45) is 22.2 Å². The number of hydrogen-bond donors (Lipinski definition) is 5. The van der Waals surface area contributed by atoms with Gasteiger partial charge in [-0.3, -0.25) is 9.79 Å². The fourth-order valence-electron chi connectivity index (χ4n) is 1.99. The third-order valence-electron chi connectivity index (χ3n) is 3.19. The van der Waals surface area contributed by atoms with Gasteiger partial charge in [0.05, 0.1) is 0 Å². The van der Waals surface area contributed by atoms with Gasteiger partial charge in [0.15, 0.2) is 5.96 Å². The quantitative estimate of drug-likeness (QED) is 0.181. The van der Waals surface area contributed by atoms with Gasteiger partial charge in [0.1, 0.15) is 6.04 Å². The number of aliphatic carboxylic acids is 1. The number of guanidine groups is 1. The summed E-state index contributed by atoms with van der Waals surface area (Å²) in [7, 11) is 0. The van der Waals surface area contributed by atoms with Crippen LogP contribution in [0, 0.1) is 0 Å². The molecule has 1 amide bonds. The van der Waals surface area contributed by atoms with Gasteiger partial charge < -0.3 is 27.6 Å². The third-order valence-corrected chi connectivity index (χ3v) is 3.19. The summed E-state index contributed by atoms with van der Waals surface area (Å²) in [5.74, 6) is -1.29. The maximum absolute atomic E-state index is 11.7. The molecule has 0 bridgehead atoms. The van der Waals surface area contributed by atoms with Crippen LogP contribution in [-0.4, -0.2) is 42.1 Å². The van der Waals surface area contributed by atoms with E-state index in [9.17, 15) is 9.59 Å². The van der Waals surface area contributed by atoms with Gasteiger partial charge in [-0.15, -0.1) is 0 Å². The summed E-state index contributed by atoms with van der Waals surface area (Å²) >= 11 is 0. The number of carboxylic acid groups (broad SMARTS) is 1. The van der Waals surface area contributed by atoms with Crippen molar-refractivity contribution in [2.75, 3.05) is 13.1 Å². The zero-order chi connectivity index (χ0) is 16.8. The molecule has 0 aliphatic carbocycles. The number of aliphatic imine (C=N–C) groups is 1. The van der Waals surface area contributed by atoms with Crippen molar-refractivity contribution in [2.45, 2.75) is 57.4 Å². The van der Waals surface area contributed by atoms with E-state index in [1.807, 2.05) is 0 Å². The van der Waals surface area contributed by atoms with Gasteiger partial charge in [-0.2, -0.15) is 0 Å². The second kappa shape index (κ2) is 12.9. The number of nitrogens with one attached hydrogen (secondary N) is 1. The highest BCUT2D eigenvalue weighted by atomic mass is 16.4. The van der Waals surface area contributed by atoms with E-state index in [0.29, 0.717) is 32.4 Å². The fraction of sp³-hybridized carbons (Fsp3) is 0.786. The summed E-state index contributed by atoms with van der Waals surface area (Å²) in [4.78, 5) is 26.6. The first-order valence-electron chi connectivity index (χ1n) is 7.75. The normalized spacial score (nSPS) is 11.7. The monoisotopic (exact) mass is 315 g/mol. The fourth-order valence-corrected chi connectivity index (χ4v) is 1.99. The van der Waals surface area contributed by atoms with Gasteiger partial charge in [-0.05, 0) is 32.2 Å². The number of carbonyl (C=O) groups excluding carboxylic acids is 1. The molecule has 0 aliphatic heterocycles. The first-order chi connectivity index (χ1) is 10.5. The Morgan fingerprint density at radius 3 is 2.27 bits per heavy atom. The van der Waals surface area contributed by atoms with E-state index in [4.69, 9.17) is 22.3 Å². The molecule has 0 rings (SSSR count). The second-order valence-electron chi connectivity index (χ2n) is 5.21. The summed E-state index contributed by atoms with van der Waals surface area (Å²) in [6, 6.07) is -0.890. The predicted octanol–water partition coefficient (Wildman–Crippen LogP) is -0.0913. The van der Waals surface area contributed by atoms with Crippen LogP contribution in [0.2, 0.25) is 0 Å². The number of nitrogens with zero attached hydrogens (tertiary/aromatic N) is 1. The molecule has 1 atom stereocenters. The Labute approximate surface area is 131 Å². The van der Waals surface area contributed by atoms with E-state index in [1.165, 1.54) is 0 Å². The van der Waals surface area contributed by atoms with E-state index >= 15 is 0 Å². The minimum absolute atomic E-state index is 0.0226. The molecule has 128 valence electrons. The minimum atomic E-state index is -1.04. The Morgan fingerprint density at radius 2 is 1.68 bits per heavy atom. The van der Waals surface area contributed by atoms with Crippen molar-refractivity contribution in [1.29, 1.82) is 0 Å². The Hall–Kier alpha value is -1.83. The highest BCUT2D eigenvalue weighted by molar-refractivity contribution is 5.83. The SMILES string of the molecule is NCCCCCCCC(=O)N[C@@H](CCCN=C(N)N)C(=O)O. The predicted molar refractivity (Wildman–Crippen MR) is 86.2 cm³/mol. The zero-order valence-corrected chi connectivity index (χ0v) is 13.1. The topological polar surface area (TPSA) is 157 Å². The van der Waals surface area contributed by atoms with Crippen molar-refractivity contribution in [3.63, 3.8) is 0 Å². The summed E-state index contributed by atoms with van der Waals surface area (Å²) in [6.07, 6.45) is 5.98. The molecule has 0 radical (unpaired) electrons. The Bertz CT molecular complexity index is 356. The molecule has 22 heavy (non-hydrogen) atoms. The number of amides is 1. The molecule has 8 nitrogen and oxygen atoms in total. The van der Waals surface area contributed by atoms with Crippen molar-refractivity contribution in [3.05, 3.63) is 0 Å². The third kappa shape index (κ3) is 12.0. The molecule has 8 heteroatoms. The first-order valence-corrected chi connectivity index (χ1v) is 7.75. The molecule has 0 saturated carbocycles. The lowest BCUT2D eigenvalue weighted by molar-refractivity contribution is -0.142. The summed E-state index contributed by atoms with van der Waals surface area (Å²) in [6.45, 7) is 1.05. The summed E-state index contributed by atoms with van der Waals surface area (Å²) in [5, 5.41) is 11.6. The van der Waals surface area contributed by atoms with Crippen LogP contribution in [0.15, 0.2) is 4.99 Å². The molecule has 0 fully saturated rings. The average Bonchev–Trinajstić information content (AvgIpc) is 2.45. The van der Waals surface area contributed by atoms with Crippen LogP contribution >= 0.6 is 0 Å². The smallest absolute Gasteiger partial charge is 0.326 e. The number of unbranched alkanes of at least 4 members (excludes halogenated alkanes) is 4. The van der Waals surface area contributed by atoms with Crippen molar-refractivity contribution >= 4 is 17.8 Å². The van der Waals surface area contributed by atoms with E-state index in [2.05, 4.69) is 10.3 Å². The summed E-state index contributed by atoms with van der Waals surface area (Å²) in [5.41, 5.74) is 15.8. The molecule has 0 aromatic carbocycles. The molecule has 8 N–H and O–H groups in total. The van der Waals surface area contributed by atoms with Gasteiger partial charge in [0.25, 0.3) is 0 Å². The number of carboxylic acids is 1. The lowest BCUT2D eigenvalue weighted by atomic mass is 10.1. The van der Waals surface area contributed by atoms with Crippen molar-refractivity contribution in [1.82, 2.24) is 5.32 Å². The first kappa shape index (κ1) is 20.2. The summed E-state index contributed by atoms with van der Waals surface area (Å²) < 4.78 is 0. The van der Waals surface area contributed by atoms with E-state index in [0.717, 1.165) is 32.1 Å². The van der Waals surface area contributed by atoms with E-state index in [1.54, 1.807) is 0 Å². The molecule has 0 saturated heterocycles. The maximum atomic E-state index is 11.7. The van der Waals surface area contributed by atoms with Gasteiger partial charge in [-0.25, -0.2) is 4.79 Å². The van der Waals surface area contributed by atoms with Gasteiger partial charge >= 0.3 is 5.97 Å². The molecular weight excluding hydrogens is 286 g/mol. The standard InChI is InChI=1S/C14H29N5O3/c15-9-5-3-1-2-4-8-12(20)19-11(13(21)22)7-6-10-18-14(16)17/h11H,1-10,15H2,(H,19,20)(H,21,22)(H4,16,17,18)/t11-/m0/s1. The maximum Gasteiger partial charge on any atom is 0.326 e. The van der Waals surface area contributed by atoms with Crippen LogP contribution in [0.5, 0.6) is 0 Å². The second-order valence-corrected chi connectivity index (χ2v) is 5.21. The van der Waals surface area contributed by atoms with Crippen LogP contribution in [0.1, 0.15) is 51.4 Å². The molecule has 0 aliphatic rings. The number of nitrogens with two attached hydrogens (primary N) is 3. The number of carbonyl (C=O) groups is 2. The number of rotatable bonds is 13. The molecule has 0 heterocycles. The zero-order valence-electron chi connectivity index (χ0n) is 13.1. The van der Waals surface area contributed by atoms with Crippen molar-refractivity contribution < 1.29 is 14.7 Å². The lowest BCUT2D eigenvalue weighted by Crippen LogP contribution is -2.40. The van der Waals surface area contributed by atoms with Crippen LogP contribution in [0.25, 0.3) is 0 Å². The van der Waals surface area contributed by atoms with Crippen LogP contribution < -0.4 is 22.5 Å². The van der Waals surface area contributed by atoms with Gasteiger partial charge in [0, 0.05) is 13.0 Å². The van der Waals surface area contributed by atoms with Crippen LogP contribution in [0.4, 0.5) is 0 Å². The number of hydrogen-bond acceptors (Lipinski definition) is 4. The Balaban J connectivity index is 3.88. The molecule has 0 unspecified atom stereocenters. The molecular formula is C14H29N5O3. The van der Waals surface area contributed by atoms with Gasteiger partial charge in [-0.1, -0.05) is 19.3 Å². The van der Waals surface area contributed by atoms with Crippen molar-refractivity contribution in [3.8, 4) is 0 Å². The largest absolute Gasteiger partial charge is 0.480 e. The molecule has 0 aromatic rings. The van der Waals surface area contributed by atoms with Crippen LogP contribution in [-0.2, 0) is 9.59 Å². The highest BCUT2D eigenvalue weighted by Crippen LogP contribution is 2.06. The van der Waals surface area contributed by atoms with Gasteiger partial charge in [0.2, 0.25) is 5.91 Å². The lowest BCUT2D eigenvalue weighted by Gasteiger charge is -2.14. The Kier molecular flexibility index (Phi) is 11.8. The highest BCUT2D eigenvalue weighted by Gasteiger charge is 2.18. The van der Waals surface area contributed by atoms with E-state index in [-0.39, 0.29) is 11.9 Å². The minimum Gasteiger partial charge on any atom is -0.480 e. The molecule has 0 aromatic heterocycles. The Morgan fingerprint density at radius 1 is 1.05 bits per heavy atom. The van der Waals surface area contributed by atoms with Crippen LogP contribution in [0.3, 0.4) is 0 Å².